The summed E-state index contributed by atoms with van der Waals surface area (Å²) in [5.74, 6) is 0.712. The van der Waals surface area contributed by atoms with Crippen LogP contribution in [0.25, 0.3) is 0 Å². The fraction of sp³-hybridized carbons (Fsp3) is 0.421. The zero-order valence-corrected chi connectivity index (χ0v) is 15.4. The number of carbonyl (C=O) groups excluding carboxylic acids is 1. The summed E-state index contributed by atoms with van der Waals surface area (Å²) < 4.78 is 29.1. The second-order valence-corrected chi connectivity index (χ2v) is 6.27. The van der Waals surface area contributed by atoms with Crippen molar-refractivity contribution in [3.05, 3.63) is 42.0 Å². The van der Waals surface area contributed by atoms with Crippen molar-refractivity contribution in [3.63, 3.8) is 0 Å². The predicted octanol–water partition coefficient (Wildman–Crippen LogP) is 2.25. The zero-order valence-electron chi connectivity index (χ0n) is 15.4. The Morgan fingerprint density at radius 1 is 1.22 bits per heavy atom. The summed E-state index contributed by atoms with van der Waals surface area (Å²) >= 11 is 0. The Kier molecular flexibility index (Phi) is 6.05. The lowest BCUT2D eigenvalue weighted by Crippen LogP contribution is -2.45. The average Bonchev–Trinajstić information content (AvgIpc) is 2.70. The molecule has 0 N–H and O–H groups in total. The minimum atomic E-state index is -0.516. The van der Waals surface area contributed by atoms with Gasteiger partial charge in [0.05, 0.1) is 39.6 Å². The molecule has 3 rings (SSSR count). The van der Waals surface area contributed by atoms with Crippen LogP contribution in [0.5, 0.6) is 17.5 Å². The van der Waals surface area contributed by atoms with Crippen LogP contribution >= 0.6 is 0 Å². The van der Waals surface area contributed by atoms with Crippen LogP contribution in [0.3, 0.4) is 0 Å². The van der Waals surface area contributed by atoms with Crippen LogP contribution in [0.1, 0.15) is 18.4 Å². The molecule has 0 radical (unpaired) electrons. The van der Waals surface area contributed by atoms with E-state index in [4.69, 9.17) is 14.2 Å². The van der Waals surface area contributed by atoms with E-state index in [0.29, 0.717) is 24.6 Å². The van der Waals surface area contributed by atoms with Gasteiger partial charge in [0.2, 0.25) is 5.91 Å². The molecule has 0 saturated carbocycles. The maximum Gasteiger partial charge on any atom is 0.316 e. The molecule has 1 unspecified atom stereocenters. The van der Waals surface area contributed by atoms with Gasteiger partial charge in [-0.25, -0.2) is 14.4 Å². The highest BCUT2D eigenvalue weighted by molar-refractivity contribution is 5.79. The average molecular weight is 375 g/mol. The number of piperidine rings is 1. The summed E-state index contributed by atoms with van der Waals surface area (Å²) in [4.78, 5) is 22.1. The van der Waals surface area contributed by atoms with Crippen LogP contribution in [0.4, 0.5) is 4.39 Å². The summed E-state index contributed by atoms with van der Waals surface area (Å²) in [5, 5.41) is 0. The van der Waals surface area contributed by atoms with E-state index in [2.05, 4.69) is 9.97 Å². The molecule has 0 spiro atoms. The SMILES string of the molecule is COc1ccc(CC(=O)N2CCCC(Oc3ncc(F)cn3)C2)cc1OC. The summed E-state index contributed by atoms with van der Waals surface area (Å²) in [6.07, 6.45) is 3.79. The summed E-state index contributed by atoms with van der Waals surface area (Å²) in [6.45, 7) is 1.13. The second kappa shape index (κ2) is 8.66. The zero-order chi connectivity index (χ0) is 19.2. The third kappa shape index (κ3) is 4.84. The molecular formula is C19H22FN3O4. The van der Waals surface area contributed by atoms with Gasteiger partial charge >= 0.3 is 6.01 Å². The van der Waals surface area contributed by atoms with Crippen molar-refractivity contribution in [1.29, 1.82) is 0 Å². The second-order valence-electron chi connectivity index (χ2n) is 6.27. The van der Waals surface area contributed by atoms with Gasteiger partial charge in [-0.05, 0) is 30.5 Å². The van der Waals surface area contributed by atoms with E-state index in [0.717, 1.165) is 30.8 Å². The molecular weight excluding hydrogens is 353 g/mol. The predicted molar refractivity (Wildman–Crippen MR) is 95.5 cm³/mol. The quantitative estimate of drug-likeness (QED) is 0.771. The molecule has 27 heavy (non-hydrogen) atoms. The number of nitrogens with zero attached hydrogens (tertiary/aromatic N) is 3. The normalized spacial score (nSPS) is 16.7. The largest absolute Gasteiger partial charge is 0.493 e. The van der Waals surface area contributed by atoms with Gasteiger partial charge in [-0.2, -0.15) is 0 Å². The topological polar surface area (TPSA) is 73.8 Å². The molecule has 8 heteroatoms. The molecule has 1 atom stereocenters. The molecule has 1 amide bonds. The van der Waals surface area contributed by atoms with E-state index in [1.54, 1.807) is 31.3 Å². The van der Waals surface area contributed by atoms with Crippen LogP contribution in [0.15, 0.2) is 30.6 Å². The number of methoxy groups -OCH3 is 2. The van der Waals surface area contributed by atoms with Gasteiger partial charge in [-0.3, -0.25) is 4.79 Å². The van der Waals surface area contributed by atoms with Crippen LogP contribution < -0.4 is 14.2 Å². The minimum absolute atomic E-state index is 0.00976. The van der Waals surface area contributed by atoms with Crippen molar-refractivity contribution in [1.82, 2.24) is 14.9 Å². The highest BCUT2D eigenvalue weighted by atomic mass is 19.1. The van der Waals surface area contributed by atoms with E-state index in [9.17, 15) is 9.18 Å². The van der Waals surface area contributed by atoms with Crippen molar-refractivity contribution in [2.24, 2.45) is 0 Å². The third-order valence-corrected chi connectivity index (χ3v) is 4.40. The van der Waals surface area contributed by atoms with Crippen molar-refractivity contribution < 1.29 is 23.4 Å². The lowest BCUT2D eigenvalue weighted by molar-refractivity contribution is -0.133. The minimum Gasteiger partial charge on any atom is -0.493 e. The number of aromatic nitrogens is 2. The highest BCUT2D eigenvalue weighted by Crippen LogP contribution is 2.28. The highest BCUT2D eigenvalue weighted by Gasteiger charge is 2.25. The molecule has 1 aliphatic rings. The fourth-order valence-corrected chi connectivity index (χ4v) is 3.05. The molecule has 1 fully saturated rings. The fourth-order valence-electron chi connectivity index (χ4n) is 3.05. The molecule has 1 aliphatic heterocycles. The molecule has 7 nitrogen and oxygen atoms in total. The van der Waals surface area contributed by atoms with Crippen molar-refractivity contribution in [2.45, 2.75) is 25.4 Å². The van der Waals surface area contributed by atoms with E-state index >= 15 is 0 Å². The Morgan fingerprint density at radius 3 is 2.67 bits per heavy atom. The molecule has 1 saturated heterocycles. The molecule has 2 aromatic rings. The van der Waals surface area contributed by atoms with Gasteiger partial charge in [0.15, 0.2) is 17.3 Å². The first-order chi connectivity index (χ1) is 13.1. The van der Waals surface area contributed by atoms with Gasteiger partial charge in [0, 0.05) is 6.54 Å². The van der Waals surface area contributed by atoms with E-state index < -0.39 is 5.82 Å². The monoisotopic (exact) mass is 375 g/mol. The Morgan fingerprint density at radius 2 is 1.96 bits per heavy atom. The van der Waals surface area contributed by atoms with Crippen molar-refractivity contribution >= 4 is 5.91 Å². The summed E-state index contributed by atoms with van der Waals surface area (Å²) in [5.41, 5.74) is 0.850. The maximum atomic E-state index is 12.9. The number of carbonyl (C=O) groups is 1. The van der Waals surface area contributed by atoms with E-state index in [-0.39, 0.29) is 24.4 Å². The number of amides is 1. The molecule has 2 heterocycles. The Bertz CT molecular complexity index is 785. The lowest BCUT2D eigenvalue weighted by atomic mass is 10.1. The van der Waals surface area contributed by atoms with E-state index in [1.807, 2.05) is 6.07 Å². The van der Waals surface area contributed by atoms with Crippen molar-refractivity contribution in [2.75, 3.05) is 27.3 Å². The maximum absolute atomic E-state index is 12.9. The van der Waals surface area contributed by atoms with Crippen LogP contribution in [0, 0.1) is 5.82 Å². The third-order valence-electron chi connectivity index (χ3n) is 4.40. The first kappa shape index (κ1) is 18.9. The number of halogens is 1. The van der Waals surface area contributed by atoms with Crippen LogP contribution in [0.2, 0.25) is 0 Å². The molecule has 0 aliphatic carbocycles. The summed E-state index contributed by atoms with van der Waals surface area (Å²) in [7, 11) is 3.13. The number of hydrogen-bond acceptors (Lipinski definition) is 6. The Hall–Kier alpha value is -2.90. The molecule has 1 aromatic carbocycles. The van der Waals surface area contributed by atoms with Gasteiger partial charge in [-0.15, -0.1) is 0 Å². The van der Waals surface area contributed by atoms with Gasteiger partial charge in [0.25, 0.3) is 0 Å². The first-order valence-corrected chi connectivity index (χ1v) is 8.72. The lowest BCUT2D eigenvalue weighted by Gasteiger charge is -2.32. The first-order valence-electron chi connectivity index (χ1n) is 8.72. The van der Waals surface area contributed by atoms with Crippen molar-refractivity contribution in [3.8, 4) is 17.5 Å². The Labute approximate surface area is 157 Å². The summed E-state index contributed by atoms with van der Waals surface area (Å²) in [6, 6.07) is 5.57. The van der Waals surface area contributed by atoms with Crippen LogP contribution in [-0.4, -0.2) is 54.2 Å². The van der Waals surface area contributed by atoms with E-state index in [1.165, 1.54) is 0 Å². The molecule has 144 valence electrons. The standard InChI is InChI=1S/C19H22FN3O4/c1-25-16-6-5-13(8-17(16)26-2)9-18(24)23-7-3-4-15(12-23)27-19-21-10-14(20)11-22-19/h5-6,8,10-11,15H,3-4,7,9,12H2,1-2H3. The number of rotatable bonds is 6. The molecule has 0 bridgehead atoms. The number of benzene rings is 1. The smallest absolute Gasteiger partial charge is 0.316 e. The van der Waals surface area contributed by atoms with Gasteiger partial charge in [0.1, 0.15) is 6.10 Å². The number of ether oxygens (including phenoxy) is 3. The van der Waals surface area contributed by atoms with Crippen LogP contribution in [-0.2, 0) is 11.2 Å². The number of likely N-dealkylation sites (tertiary alicyclic amines) is 1. The van der Waals surface area contributed by atoms with Gasteiger partial charge in [-0.1, -0.05) is 6.07 Å². The van der Waals surface area contributed by atoms with Gasteiger partial charge < -0.3 is 19.1 Å². The molecule has 1 aromatic heterocycles. The number of hydrogen-bond donors (Lipinski definition) is 0. The Balaban J connectivity index is 1.60.